The highest BCUT2D eigenvalue weighted by Crippen LogP contribution is 1.99. The largest absolute Gasteiger partial charge is 0.628 e. The van der Waals surface area contributed by atoms with Crippen molar-refractivity contribution in [2.45, 2.75) is 0 Å². The molecule has 0 aromatic carbocycles. The van der Waals surface area contributed by atoms with E-state index in [-0.39, 0.29) is 13.1 Å². The standard InChI is InChI=1S/C7H10BNO4/c1-3-8-12-6(10)4-9(2)5-7(11)13-8/h3H,1,4-5H2,2H3/i1D2,3D. The molecule has 70 valence electrons. The molecule has 5 nitrogen and oxygen atoms in total. The van der Waals surface area contributed by atoms with Crippen LogP contribution in [0.2, 0.25) is 0 Å². The van der Waals surface area contributed by atoms with Gasteiger partial charge in [0, 0.05) is 0 Å². The first-order valence-electron chi connectivity index (χ1n) is 5.11. The number of hydrogen-bond donors (Lipinski definition) is 0. The molecule has 0 spiro atoms. The predicted molar refractivity (Wildman–Crippen MR) is 45.6 cm³/mol. The molecule has 13 heavy (non-hydrogen) atoms. The van der Waals surface area contributed by atoms with Crippen molar-refractivity contribution in [3.8, 4) is 0 Å². The fraction of sp³-hybridized carbons (Fsp3) is 0.429. The van der Waals surface area contributed by atoms with E-state index in [0.29, 0.717) is 0 Å². The minimum atomic E-state index is -1.58. The minimum absolute atomic E-state index is 0.107. The zero-order valence-corrected chi connectivity index (χ0v) is 7.07. The molecule has 0 amide bonds. The Morgan fingerprint density at radius 2 is 2.15 bits per heavy atom. The van der Waals surface area contributed by atoms with Gasteiger partial charge in [-0.25, -0.2) is 0 Å². The van der Waals surface area contributed by atoms with Gasteiger partial charge < -0.3 is 9.31 Å². The molecule has 0 radical (unpaired) electrons. The van der Waals surface area contributed by atoms with Gasteiger partial charge in [-0.1, -0.05) is 0 Å². The zero-order valence-electron chi connectivity index (χ0n) is 10.1. The van der Waals surface area contributed by atoms with Gasteiger partial charge in [-0.3, -0.25) is 14.5 Å². The van der Waals surface area contributed by atoms with Crippen LogP contribution in [0.1, 0.15) is 4.11 Å². The van der Waals surface area contributed by atoms with Crippen molar-refractivity contribution in [2.24, 2.45) is 0 Å². The number of likely N-dealkylation sites (N-methyl/N-ethyl adjacent to an activating group) is 1. The van der Waals surface area contributed by atoms with Crippen LogP contribution in [0.25, 0.3) is 0 Å². The lowest BCUT2D eigenvalue weighted by Crippen LogP contribution is -2.41. The van der Waals surface area contributed by atoms with Gasteiger partial charge in [-0.15, -0.1) is 6.53 Å². The summed E-state index contributed by atoms with van der Waals surface area (Å²) in [6.07, 6.45) is 0. The normalized spacial score (nSPS) is 22.8. The van der Waals surface area contributed by atoms with Crippen molar-refractivity contribution in [3.63, 3.8) is 0 Å². The highest BCUT2D eigenvalue weighted by atomic mass is 16.6. The van der Waals surface area contributed by atoms with Crippen LogP contribution in [0.3, 0.4) is 0 Å². The van der Waals surface area contributed by atoms with E-state index in [0.717, 1.165) is 0 Å². The van der Waals surface area contributed by atoms with Crippen LogP contribution in [0, 0.1) is 0 Å². The SMILES string of the molecule is [2H]C([2H])=C([2H])B1OC(=O)CN(C)CC(=O)O1. The second-order valence-corrected chi connectivity index (χ2v) is 2.63. The van der Waals surface area contributed by atoms with Crippen molar-refractivity contribution in [2.75, 3.05) is 20.1 Å². The average Bonchev–Trinajstić information content (AvgIpc) is 2.12. The van der Waals surface area contributed by atoms with E-state index < -0.39 is 31.5 Å². The quantitative estimate of drug-likeness (QED) is 0.503. The molecule has 1 heterocycles. The van der Waals surface area contributed by atoms with Crippen LogP contribution in [0.15, 0.2) is 12.5 Å². The third-order valence-electron chi connectivity index (χ3n) is 1.39. The predicted octanol–water partition coefficient (Wildman–Crippen LogP) is -0.768. The topological polar surface area (TPSA) is 55.8 Å². The van der Waals surface area contributed by atoms with Crippen LogP contribution in [-0.2, 0) is 18.9 Å². The minimum Gasteiger partial charge on any atom is -0.495 e. The highest BCUT2D eigenvalue weighted by molar-refractivity contribution is 6.54. The number of carbonyl (C=O) groups excluding carboxylic acids is 2. The Bertz CT molecular complexity index is 325. The van der Waals surface area contributed by atoms with E-state index >= 15 is 0 Å². The first kappa shape index (κ1) is 6.20. The van der Waals surface area contributed by atoms with Gasteiger partial charge in [-0.2, -0.15) is 0 Å². The van der Waals surface area contributed by atoms with Crippen LogP contribution >= 0.6 is 0 Å². The lowest BCUT2D eigenvalue weighted by molar-refractivity contribution is -0.145. The van der Waals surface area contributed by atoms with E-state index in [2.05, 4.69) is 9.31 Å². The maximum absolute atomic E-state index is 11.2. The summed E-state index contributed by atoms with van der Waals surface area (Å²) in [5.41, 5.74) is 0. The van der Waals surface area contributed by atoms with Gasteiger partial charge in [-0.05, 0) is 13.0 Å². The van der Waals surface area contributed by atoms with Crippen molar-refractivity contribution < 1.29 is 23.0 Å². The molecular formula is C7H10BNO4. The van der Waals surface area contributed by atoms with E-state index in [4.69, 9.17) is 4.11 Å². The van der Waals surface area contributed by atoms with Crippen molar-refractivity contribution >= 4 is 19.1 Å². The molecule has 0 atom stereocenters. The smallest absolute Gasteiger partial charge is 0.495 e. The second kappa shape index (κ2) is 4.09. The van der Waals surface area contributed by atoms with Crippen molar-refractivity contribution in [3.05, 3.63) is 12.5 Å². The van der Waals surface area contributed by atoms with Crippen LogP contribution < -0.4 is 0 Å². The third kappa shape index (κ3) is 2.91. The average molecular weight is 186 g/mol. The lowest BCUT2D eigenvalue weighted by Gasteiger charge is -2.20. The summed E-state index contributed by atoms with van der Waals surface area (Å²) in [7, 11) is -0.0422. The second-order valence-electron chi connectivity index (χ2n) is 2.63. The molecule has 6 heteroatoms. The van der Waals surface area contributed by atoms with Gasteiger partial charge in [0.05, 0.1) is 17.2 Å². The fourth-order valence-electron chi connectivity index (χ4n) is 0.893. The van der Waals surface area contributed by atoms with Gasteiger partial charge in [0.1, 0.15) is 0 Å². The number of nitrogens with zero attached hydrogens (tertiary/aromatic N) is 1. The molecular weight excluding hydrogens is 173 g/mol. The number of carbonyl (C=O) groups is 2. The zero-order chi connectivity index (χ0) is 12.3. The monoisotopic (exact) mass is 186 g/mol. The summed E-state index contributed by atoms with van der Waals surface area (Å²) in [5.74, 6) is -2.01. The van der Waals surface area contributed by atoms with E-state index in [1.54, 1.807) is 7.05 Å². The molecule has 1 aliphatic rings. The maximum atomic E-state index is 11.2. The first-order valence-corrected chi connectivity index (χ1v) is 3.61. The Labute approximate surface area is 80.7 Å². The third-order valence-corrected chi connectivity index (χ3v) is 1.39. The van der Waals surface area contributed by atoms with Crippen LogP contribution in [0.5, 0.6) is 0 Å². The van der Waals surface area contributed by atoms with E-state index in [1.807, 2.05) is 0 Å². The number of rotatable bonds is 1. The molecule has 0 aromatic rings. The Morgan fingerprint density at radius 1 is 1.62 bits per heavy atom. The lowest BCUT2D eigenvalue weighted by atomic mass is 9.91. The van der Waals surface area contributed by atoms with Gasteiger partial charge in [0.15, 0.2) is 0 Å². The van der Waals surface area contributed by atoms with Crippen molar-refractivity contribution in [1.82, 2.24) is 4.90 Å². The first-order chi connectivity index (χ1) is 7.40. The van der Waals surface area contributed by atoms with Gasteiger partial charge in [0.25, 0.3) is 0 Å². The highest BCUT2D eigenvalue weighted by Gasteiger charge is 2.28. The molecule has 0 N–H and O–H groups in total. The van der Waals surface area contributed by atoms with Gasteiger partial charge >= 0.3 is 19.1 Å². The summed E-state index contributed by atoms with van der Waals surface area (Å²) >= 11 is 0. The summed E-state index contributed by atoms with van der Waals surface area (Å²) in [5, 5.41) is 0. The van der Waals surface area contributed by atoms with Gasteiger partial charge in [0.2, 0.25) is 0 Å². The summed E-state index contributed by atoms with van der Waals surface area (Å²) < 4.78 is 30.3. The maximum Gasteiger partial charge on any atom is 0.628 e. The Hall–Kier alpha value is -1.30. The fourth-order valence-corrected chi connectivity index (χ4v) is 0.893. The molecule has 0 saturated carbocycles. The molecule has 1 aliphatic heterocycles. The summed E-state index contributed by atoms with van der Waals surface area (Å²) in [6, 6.07) is 0. The molecule has 1 saturated heterocycles. The molecule has 0 unspecified atom stereocenters. The Morgan fingerprint density at radius 3 is 2.62 bits per heavy atom. The van der Waals surface area contributed by atoms with Crippen molar-refractivity contribution in [1.29, 1.82) is 0 Å². The molecule has 0 aromatic heterocycles. The molecule has 0 bridgehead atoms. The summed E-state index contributed by atoms with van der Waals surface area (Å²) in [6.45, 7) is -1.08. The van der Waals surface area contributed by atoms with E-state index in [9.17, 15) is 9.59 Å². The Balaban J connectivity index is 2.83. The summed E-state index contributed by atoms with van der Waals surface area (Å²) in [4.78, 5) is 23.8. The number of hydrogen-bond acceptors (Lipinski definition) is 5. The Kier molecular flexibility index (Phi) is 1.95. The van der Waals surface area contributed by atoms with E-state index in [1.165, 1.54) is 4.90 Å². The molecule has 0 aliphatic carbocycles. The van der Waals surface area contributed by atoms with Crippen LogP contribution in [-0.4, -0.2) is 44.1 Å². The molecule has 1 rings (SSSR count). The molecule has 1 fully saturated rings. The van der Waals surface area contributed by atoms with Crippen LogP contribution in [0.4, 0.5) is 0 Å².